The molecule has 1 aromatic carbocycles. The number of hydrogen-bond acceptors (Lipinski definition) is 2. The van der Waals surface area contributed by atoms with Gasteiger partial charge in [0, 0.05) is 5.56 Å². The molecule has 3 nitrogen and oxygen atoms in total. The van der Waals surface area contributed by atoms with E-state index in [4.69, 9.17) is 0 Å². The van der Waals surface area contributed by atoms with Gasteiger partial charge in [0.25, 0.3) is 0 Å². The monoisotopic (exact) mass is 215 g/mol. The first-order valence-electron chi connectivity index (χ1n) is 5.47. The fourth-order valence-electron chi connectivity index (χ4n) is 1.58. The fourth-order valence-corrected chi connectivity index (χ4v) is 1.58. The minimum absolute atomic E-state index is 0.0199. The smallest absolute Gasteiger partial charge is 0.113 e. The topological polar surface area (TPSA) is 30.7 Å². The molecule has 3 heteroatoms. The number of nitrogens with zero attached hydrogens (tertiary/aromatic N) is 3. The largest absolute Gasteiger partial charge is 0.247 e. The minimum Gasteiger partial charge on any atom is -0.247 e. The summed E-state index contributed by atoms with van der Waals surface area (Å²) in [6.07, 6.45) is 2.00. The van der Waals surface area contributed by atoms with Crippen LogP contribution in [-0.4, -0.2) is 15.0 Å². The zero-order valence-electron chi connectivity index (χ0n) is 10.2. The Kier molecular flexibility index (Phi) is 2.54. The van der Waals surface area contributed by atoms with E-state index in [-0.39, 0.29) is 5.54 Å². The standard InChI is InChI=1S/C13H17N3/c1-10-7-5-6-8-11(10)12-9-16(15-14-12)13(2,3)4/h5-9H,1-4H3. The van der Waals surface area contributed by atoms with Crippen LogP contribution in [0.15, 0.2) is 30.5 Å². The van der Waals surface area contributed by atoms with Crippen LogP contribution in [0.1, 0.15) is 26.3 Å². The lowest BCUT2D eigenvalue weighted by Crippen LogP contribution is -2.22. The number of rotatable bonds is 1. The predicted molar refractivity (Wildman–Crippen MR) is 65.2 cm³/mol. The average Bonchev–Trinajstić information content (AvgIpc) is 2.66. The molecule has 0 saturated carbocycles. The molecule has 0 aliphatic heterocycles. The van der Waals surface area contributed by atoms with Gasteiger partial charge in [-0.15, -0.1) is 5.10 Å². The van der Waals surface area contributed by atoms with Crippen molar-refractivity contribution in [3.05, 3.63) is 36.0 Å². The molecular weight excluding hydrogens is 198 g/mol. The first-order valence-corrected chi connectivity index (χ1v) is 5.47. The van der Waals surface area contributed by atoms with Crippen LogP contribution in [0.4, 0.5) is 0 Å². The van der Waals surface area contributed by atoms with Gasteiger partial charge in [-0.25, -0.2) is 4.68 Å². The van der Waals surface area contributed by atoms with Gasteiger partial charge >= 0.3 is 0 Å². The zero-order chi connectivity index (χ0) is 11.8. The normalized spacial score (nSPS) is 11.8. The lowest BCUT2D eigenvalue weighted by Gasteiger charge is -2.17. The number of hydrogen-bond donors (Lipinski definition) is 0. The molecule has 0 saturated heterocycles. The van der Waals surface area contributed by atoms with E-state index in [9.17, 15) is 0 Å². The second kappa shape index (κ2) is 3.74. The summed E-state index contributed by atoms with van der Waals surface area (Å²) >= 11 is 0. The van der Waals surface area contributed by atoms with Gasteiger partial charge in [0.1, 0.15) is 5.69 Å². The van der Waals surface area contributed by atoms with Crippen LogP contribution in [-0.2, 0) is 5.54 Å². The highest BCUT2D eigenvalue weighted by Gasteiger charge is 2.16. The van der Waals surface area contributed by atoms with Crippen molar-refractivity contribution in [1.29, 1.82) is 0 Å². The maximum Gasteiger partial charge on any atom is 0.113 e. The first-order chi connectivity index (χ1) is 7.48. The molecule has 0 spiro atoms. The van der Waals surface area contributed by atoms with Gasteiger partial charge < -0.3 is 0 Å². The molecule has 0 unspecified atom stereocenters. The van der Waals surface area contributed by atoms with E-state index in [1.807, 2.05) is 23.0 Å². The van der Waals surface area contributed by atoms with E-state index in [1.165, 1.54) is 5.56 Å². The van der Waals surface area contributed by atoms with Crippen molar-refractivity contribution in [1.82, 2.24) is 15.0 Å². The van der Waals surface area contributed by atoms with Crippen molar-refractivity contribution in [2.24, 2.45) is 0 Å². The van der Waals surface area contributed by atoms with Crippen molar-refractivity contribution < 1.29 is 0 Å². The Morgan fingerprint density at radius 2 is 1.81 bits per heavy atom. The third-order valence-corrected chi connectivity index (χ3v) is 2.60. The van der Waals surface area contributed by atoms with E-state index in [1.54, 1.807) is 0 Å². The lowest BCUT2D eigenvalue weighted by molar-refractivity contribution is 0.347. The predicted octanol–water partition coefficient (Wildman–Crippen LogP) is 3.01. The highest BCUT2D eigenvalue weighted by molar-refractivity contribution is 5.61. The summed E-state index contributed by atoms with van der Waals surface area (Å²) in [5.41, 5.74) is 3.29. The van der Waals surface area contributed by atoms with E-state index in [0.29, 0.717) is 0 Å². The molecule has 0 fully saturated rings. The summed E-state index contributed by atoms with van der Waals surface area (Å²) in [5.74, 6) is 0. The zero-order valence-corrected chi connectivity index (χ0v) is 10.2. The fraction of sp³-hybridized carbons (Fsp3) is 0.385. The molecule has 0 aliphatic rings. The van der Waals surface area contributed by atoms with Crippen molar-refractivity contribution in [3.8, 4) is 11.3 Å². The second-order valence-electron chi connectivity index (χ2n) is 5.03. The Bertz CT molecular complexity index is 492. The molecule has 0 radical (unpaired) electrons. The number of benzene rings is 1. The molecule has 1 heterocycles. The molecule has 2 rings (SSSR count). The van der Waals surface area contributed by atoms with Gasteiger partial charge in [0.05, 0.1) is 11.7 Å². The van der Waals surface area contributed by atoms with Crippen LogP contribution in [0.5, 0.6) is 0 Å². The molecular formula is C13H17N3. The maximum absolute atomic E-state index is 4.23. The molecule has 84 valence electrons. The molecule has 16 heavy (non-hydrogen) atoms. The summed E-state index contributed by atoms with van der Waals surface area (Å²) in [4.78, 5) is 0. The Labute approximate surface area is 96.1 Å². The molecule has 0 atom stereocenters. The van der Waals surface area contributed by atoms with Gasteiger partial charge in [0.15, 0.2) is 0 Å². The van der Waals surface area contributed by atoms with Gasteiger partial charge in [-0.2, -0.15) is 0 Å². The van der Waals surface area contributed by atoms with E-state index in [0.717, 1.165) is 11.3 Å². The SMILES string of the molecule is Cc1ccccc1-c1cn(C(C)(C)C)nn1. The molecule has 1 aromatic heterocycles. The molecule has 0 aliphatic carbocycles. The Balaban J connectivity index is 2.44. The summed E-state index contributed by atoms with van der Waals surface area (Å²) in [6, 6.07) is 8.23. The molecule has 0 bridgehead atoms. The van der Waals surface area contributed by atoms with Gasteiger partial charge in [0.2, 0.25) is 0 Å². The minimum atomic E-state index is -0.0199. The van der Waals surface area contributed by atoms with Gasteiger partial charge in [-0.3, -0.25) is 0 Å². The summed E-state index contributed by atoms with van der Waals surface area (Å²) in [5, 5.41) is 8.40. The van der Waals surface area contributed by atoms with Crippen molar-refractivity contribution >= 4 is 0 Å². The van der Waals surface area contributed by atoms with Crippen LogP contribution in [0, 0.1) is 6.92 Å². The molecule has 0 amide bonds. The first kappa shape index (κ1) is 10.9. The Morgan fingerprint density at radius 1 is 1.12 bits per heavy atom. The van der Waals surface area contributed by atoms with Crippen molar-refractivity contribution in [3.63, 3.8) is 0 Å². The van der Waals surface area contributed by atoms with Gasteiger partial charge in [-0.1, -0.05) is 29.5 Å². The Morgan fingerprint density at radius 3 is 2.38 bits per heavy atom. The van der Waals surface area contributed by atoms with Gasteiger partial charge in [-0.05, 0) is 33.3 Å². The average molecular weight is 215 g/mol. The number of aromatic nitrogens is 3. The summed E-state index contributed by atoms with van der Waals surface area (Å²) < 4.78 is 1.90. The van der Waals surface area contributed by atoms with Crippen LogP contribution in [0.2, 0.25) is 0 Å². The van der Waals surface area contributed by atoms with E-state index in [2.05, 4.69) is 50.1 Å². The van der Waals surface area contributed by atoms with Crippen LogP contribution >= 0.6 is 0 Å². The van der Waals surface area contributed by atoms with Crippen LogP contribution in [0.3, 0.4) is 0 Å². The molecule has 2 aromatic rings. The summed E-state index contributed by atoms with van der Waals surface area (Å²) in [6.45, 7) is 8.43. The Hall–Kier alpha value is -1.64. The maximum atomic E-state index is 4.23. The second-order valence-corrected chi connectivity index (χ2v) is 5.03. The molecule has 0 N–H and O–H groups in total. The quantitative estimate of drug-likeness (QED) is 0.732. The van der Waals surface area contributed by atoms with Crippen LogP contribution < -0.4 is 0 Å². The third-order valence-electron chi connectivity index (χ3n) is 2.60. The van der Waals surface area contributed by atoms with E-state index >= 15 is 0 Å². The number of aryl methyl sites for hydroxylation is 1. The van der Waals surface area contributed by atoms with Crippen molar-refractivity contribution in [2.75, 3.05) is 0 Å². The van der Waals surface area contributed by atoms with Crippen molar-refractivity contribution in [2.45, 2.75) is 33.2 Å². The highest BCUT2D eigenvalue weighted by atomic mass is 15.4. The highest BCUT2D eigenvalue weighted by Crippen LogP contribution is 2.22. The third kappa shape index (κ3) is 1.98. The van der Waals surface area contributed by atoms with E-state index < -0.39 is 0 Å². The lowest BCUT2D eigenvalue weighted by atomic mass is 10.1. The summed E-state index contributed by atoms with van der Waals surface area (Å²) in [7, 11) is 0. The van der Waals surface area contributed by atoms with Crippen LogP contribution in [0.25, 0.3) is 11.3 Å².